The van der Waals surface area contributed by atoms with Crippen LogP contribution in [0.15, 0.2) is 18.2 Å². The predicted octanol–water partition coefficient (Wildman–Crippen LogP) is 2.95. The summed E-state index contributed by atoms with van der Waals surface area (Å²) in [7, 11) is 0. The van der Waals surface area contributed by atoms with Gasteiger partial charge in [-0.05, 0) is 18.5 Å². The number of nitro benzene ring substituents is 1. The number of anilines is 1. The van der Waals surface area contributed by atoms with Crippen molar-refractivity contribution in [3.63, 3.8) is 0 Å². The number of para-hydroxylation sites is 1. The van der Waals surface area contributed by atoms with Crippen molar-refractivity contribution in [1.29, 1.82) is 0 Å². The van der Waals surface area contributed by atoms with Gasteiger partial charge in [0.25, 0.3) is 5.69 Å². The first-order chi connectivity index (χ1) is 9.24. The van der Waals surface area contributed by atoms with Crippen molar-refractivity contribution in [3.05, 3.63) is 33.9 Å². The zero-order valence-corrected chi connectivity index (χ0v) is 11.0. The molecule has 0 aliphatic rings. The summed E-state index contributed by atoms with van der Waals surface area (Å²) in [6.07, 6.45) is -3.77. The van der Waals surface area contributed by atoms with E-state index in [1.807, 2.05) is 0 Å². The van der Waals surface area contributed by atoms with E-state index in [1.165, 1.54) is 23.1 Å². The van der Waals surface area contributed by atoms with Crippen molar-refractivity contribution >= 4 is 11.4 Å². The number of rotatable bonds is 6. The number of benzene rings is 1. The fourth-order valence-corrected chi connectivity index (χ4v) is 1.92. The van der Waals surface area contributed by atoms with E-state index < -0.39 is 17.6 Å². The van der Waals surface area contributed by atoms with Crippen LogP contribution in [-0.2, 0) is 6.54 Å². The van der Waals surface area contributed by atoms with Crippen molar-refractivity contribution < 1.29 is 18.1 Å². The summed E-state index contributed by atoms with van der Waals surface area (Å²) >= 11 is 0. The Hall–Kier alpha value is -1.83. The van der Waals surface area contributed by atoms with E-state index >= 15 is 0 Å². The van der Waals surface area contributed by atoms with E-state index in [9.17, 15) is 23.3 Å². The average molecular weight is 291 g/mol. The van der Waals surface area contributed by atoms with Crippen LogP contribution in [0.2, 0.25) is 0 Å². The van der Waals surface area contributed by atoms with Gasteiger partial charge in [0.15, 0.2) is 0 Å². The largest absolute Gasteiger partial charge is 0.401 e. The van der Waals surface area contributed by atoms with E-state index in [4.69, 9.17) is 5.73 Å². The smallest absolute Gasteiger partial charge is 0.393 e. The van der Waals surface area contributed by atoms with Gasteiger partial charge in [-0.1, -0.05) is 19.1 Å². The minimum absolute atomic E-state index is 0.0686. The molecule has 0 saturated carbocycles. The summed E-state index contributed by atoms with van der Waals surface area (Å²) in [6, 6.07) is 4.15. The Morgan fingerprint density at radius 3 is 2.55 bits per heavy atom. The van der Waals surface area contributed by atoms with Crippen LogP contribution in [0.3, 0.4) is 0 Å². The van der Waals surface area contributed by atoms with Crippen LogP contribution in [-0.4, -0.2) is 29.1 Å². The minimum Gasteiger partial charge on any atom is -0.393 e. The number of nitrogen functional groups attached to an aromatic ring is 1. The predicted molar refractivity (Wildman–Crippen MR) is 69.1 cm³/mol. The lowest BCUT2D eigenvalue weighted by Crippen LogP contribution is -2.34. The highest BCUT2D eigenvalue weighted by Crippen LogP contribution is 2.27. The first-order valence-electron chi connectivity index (χ1n) is 6.05. The molecular formula is C12H16F3N3O2. The second-order valence-corrected chi connectivity index (χ2v) is 4.43. The second-order valence-electron chi connectivity index (χ2n) is 4.43. The molecule has 0 atom stereocenters. The molecule has 0 radical (unpaired) electrons. The summed E-state index contributed by atoms with van der Waals surface area (Å²) in [5.74, 6) is 0. The molecule has 0 spiro atoms. The van der Waals surface area contributed by atoms with Gasteiger partial charge in [0, 0.05) is 12.6 Å². The summed E-state index contributed by atoms with van der Waals surface area (Å²) < 4.78 is 37.4. The summed E-state index contributed by atoms with van der Waals surface area (Å²) in [5, 5.41) is 10.7. The molecule has 0 heterocycles. The molecule has 0 aromatic heterocycles. The van der Waals surface area contributed by atoms with Crippen LogP contribution in [0.4, 0.5) is 24.5 Å². The van der Waals surface area contributed by atoms with Gasteiger partial charge in [0.05, 0.1) is 11.5 Å². The highest BCUT2D eigenvalue weighted by Gasteiger charge is 2.30. The van der Waals surface area contributed by atoms with Crippen molar-refractivity contribution in [2.24, 2.45) is 0 Å². The molecule has 1 rings (SSSR count). The van der Waals surface area contributed by atoms with Gasteiger partial charge in [-0.15, -0.1) is 0 Å². The zero-order chi connectivity index (χ0) is 15.3. The number of hydrogen-bond donors (Lipinski definition) is 1. The molecule has 1 aromatic rings. The summed E-state index contributed by atoms with van der Waals surface area (Å²) in [4.78, 5) is 11.3. The van der Waals surface area contributed by atoms with Gasteiger partial charge in [-0.25, -0.2) is 0 Å². The molecule has 0 saturated heterocycles. The monoisotopic (exact) mass is 291 g/mol. The number of nitrogens with two attached hydrogens (primary N) is 1. The Kier molecular flexibility index (Phi) is 5.32. The quantitative estimate of drug-likeness (QED) is 0.497. The van der Waals surface area contributed by atoms with Gasteiger partial charge in [-0.3, -0.25) is 15.0 Å². The third kappa shape index (κ3) is 4.69. The Labute approximate surface area is 114 Å². The molecule has 0 fully saturated rings. The molecular weight excluding hydrogens is 275 g/mol. The molecule has 0 unspecified atom stereocenters. The van der Waals surface area contributed by atoms with E-state index in [1.54, 1.807) is 6.92 Å². The van der Waals surface area contributed by atoms with E-state index in [-0.39, 0.29) is 24.5 Å². The third-order valence-corrected chi connectivity index (χ3v) is 2.71. The fourth-order valence-electron chi connectivity index (χ4n) is 1.92. The van der Waals surface area contributed by atoms with Crippen LogP contribution in [0.5, 0.6) is 0 Å². The molecule has 20 heavy (non-hydrogen) atoms. The Morgan fingerprint density at radius 2 is 2.05 bits per heavy atom. The Bertz CT molecular complexity index is 478. The molecule has 0 aliphatic heterocycles. The first-order valence-corrected chi connectivity index (χ1v) is 6.05. The number of alkyl halides is 3. The number of halogens is 3. The maximum atomic E-state index is 12.5. The highest BCUT2D eigenvalue weighted by atomic mass is 19.4. The maximum Gasteiger partial charge on any atom is 0.401 e. The van der Waals surface area contributed by atoms with Gasteiger partial charge in [0.2, 0.25) is 0 Å². The molecule has 0 amide bonds. The van der Waals surface area contributed by atoms with E-state index in [0.29, 0.717) is 12.0 Å². The van der Waals surface area contributed by atoms with Crippen molar-refractivity contribution in [1.82, 2.24) is 4.90 Å². The lowest BCUT2D eigenvalue weighted by atomic mass is 10.1. The SMILES string of the molecule is CCCN(Cc1cccc([N+](=O)[O-])c1N)CC(F)(F)F. The number of nitro groups is 1. The van der Waals surface area contributed by atoms with Crippen LogP contribution < -0.4 is 5.73 Å². The fraction of sp³-hybridized carbons (Fsp3) is 0.500. The van der Waals surface area contributed by atoms with Crippen LogP contribution in [0, 0.1) is 10.1 Å². The van der Waals surface area contributed by atoms with Crippen molar-refractivity contribution in [2.45, 2.75) is 26.1 Å². The van der Waals surface area contributed by atoms with Crippen LogP contribution >= 0.6 is 0 Å². The molecule has 112 valence electrons. The molecule has 1 aromatic carbocycles. The molecule has 8 heteroatoms. The Balaban J connectivity index is 2.94. The van der Waals surface area contributed by atoms with E-state index in [0.717, 1.165) is 0 Å². The topological polar surface area (TPSA) is 72.4 Å². The minimum atomic E-state index is -4.31. The van der Waals surface area contributed by atoms with E-state index in [2.05, 4.69) is 0 Å². The average Bonchev–Trinajstić information content (AvgIpc) is 2.29. The molecule has 5 nitrogen and oxygen atoms in total. The normalized spacial score (nSPS) is 11.8. The highest BCUT2D eigenvalue weighted by molar-refractivity contribution is 5.62. The van der Waals surface area contributed by atoms with Crippen molar-refractivity contribution in [3.8, 4) is 0 Å². The summed E-state index contributed by atoms with van der Waals surface area (Å²) in [5.41, 5.74) is 5.60. The maximum absolute atomic E-state index is 12.5. The van der Waals surface area contributed by atoms with Gasteiger partial charge >= 0.3 is 6.18 Å². The van der Waals surface area contributed by atoms with Gasteiger partial charge in [0.1, 0.15) is 5.69 Å². The molecule has 0 aliphatic carbocycles. The lowest BCUT2D eigenvalue weighted by Gasteiger charge is -2.23. The van der Waals surface area contributed by atoms with Crippen LogP contribution in [0.1, 0.15) is 18.9 Å². The van der Waals surface area contributed by atoms with Crippen molar-refractivity contribution in [2.75, 3.05) is 18.8 Å². The Morgan fingerprint density at radius 1 is 1.40 bits per heavy atom. The number of hydrogen-bond acceptors (Lipinski definition) is 4. The first kappa shape index (κ1) is 16.2. The van der Waals surface area contributed by atoms with Gasteiger partial charge < -0.3 is 5.73 Å². The molecule has 2 N–H and O–H groups in total. The lowest BCUT2D eigenvalue weighted by molar-refractivity contribution is -0.384. The van der Waals surface area contributed by atoms with Crippen LogP contribution in [0.25, 0.3) is 0 Å². The standard InChI is InChI=1S/C12H16F3N3O2/c1-2-6-17(8-12(13,14)15)7-9-4-3-5-10(11(9)16)18(19)20/h3-5H,2,6-8,16H2,1H3. The second kappa shape index (κ2) is 6.56. The molecule has 0 bridgehead atoms. The summed E-state index contributed by atoms with van der Waals surface area (Å²) in [6.45, 7) is 0.867. The number of nitrogens with zero attached hydrogens (tertiary/aromatic N) is 2. The van der Waals surface area contributed by atoms with Gasteiger partial charge in [-0.2, -0.15) is 13.2 Å². The zero-order valence-electron chi connectivity index (χ0n) is 11.0. The third-order valence-electron chi connectivity index (χ3n) is 2.71.